The van der Waals surface area contributed by atoms with E-state index in [1.807, 2.05) is 13.8 Å². The zero-order chi connectivity index (χ0) is 12.6. The Kier molecular flexibility index (Phi) is 3.25. The molecule has 0 atom stereocenters. The van der Waals surface area contributed by atoms with E-state index in [9.17, 15) is 12.8 Å². The van der Waals surface area contributed by atoms with Gasteiger partial charge in [-0.25, -0.2) is 12.8 Å². The Morgan fingerprint density at radius 3 is 2.47 bits per heavy atom. The molecule has 1 aliphatic rings. The van der Waals surface area contributed by atoms with Gasteiger partial charge in [0.15, 0.2) is 9.84 Å². The molecular weight excluding hydrogens is 239 g/mol. The lowest BCUT2D eigenvalue weighted by Gasteiger charge is -2.09. The first kappa shape index (κ1) is 12.6. The molecule has 0 heterocycles. The Balaban J connectivity index is 2.30. The first-order valence-electron chi connectivity index (χ1n) is 5.92. The maximum absolute atomic E-state index is 13.7. The molecule has 1 saturated carbocycles. The van der Waals surface area contributed by atoms with Crippen molar-refractivity contribution < 1.29 is 12.8 Å². The molecule has 0 aliphatic heterocycles. The van der Waals surface area contributed by atoms with Crippen molar-refractivity contribution in [3.63, 3.8) is 0 Å². The SMILES string of the molecule is CC(C)c1ccc(S(=O)(=O)CC2CC2)cc1F. The Labute approximate surface area is 102 Å². The zero-order valence-electron chi connectivity index (χ0n) is 10.1. The minimum atomic E-state index is -3.30. The number of sulfone groups is 1. The second kappa shape index (κ2) is 4.41. The van der Waals surface area contributed by atoms with Gasteiger partial charge in [-0.15, -0.1) is 0 Å². The topological polar surface area (TPSA) is 34.1 Å². The third kappa shape index (κ3) is 2.86. The van der Waals surface area contributed by atoms with E-state index in [2.05, 4.69) is 0 Å². The molecule has 4 heteroatoms. The minimum absolute atomic E-state index is 0.0650. The molecule has 0 spiro atoms. The lowest BCUT2D eigenvalue weighted by molar-refractivity contribution is 0.579. The smallest absolute Gasteiger partial charge is 0.178 e. The predicted octanol–water partition coefficient (Wildman–Crippen LogP) is 3.13. The van der Waals surface area contributed by atoms with Crippen LogP contribution in [-0.2, 0) is 9.84 Å². The molecule has 0 amide bonds. The van der Waals surface area contributed by atoms with Crippen LogP contribution < -0.4 is 0 Å². The van der Waals surface area contributed by atoms with E-state index >= 15 is 0 Å². The molecule has 17 heavy (non-hydrogen) atoms. The molecule has 0 saturated heterocycles. The quantitative estimate of drug-likeness (QED) is 0.829. The molecule has 0 N–H and O–H groups in total. The molecular formula is C13H17FO2S. The van der Waals surface area contributed by atoms with E-state index in [-0.39, 0.29) is 22.5 Å². The van der Waals surface area contributed by atoms with Crippen LogP contribution in [0.25, 0.3) is 0 Å². The summed E-state index contributed by atoms with van der Waals surface area (Å²) in [6.45, 7) is 3.77. The number of benzene rings is 1. The van der Waals surface area contributed by atoms with Crippen molar-refractivity contribution in [2.24, 2.45) is 5.92 Å². The molecule has 0 radical (unpaired) electrons. The Bertz CT molecular complexity index is 516. The molecule has 1 aromatic carbocycles. The average Bonchev–Trinajstić information content (AvgIpc) is 3.00. The molecule has 1 fully saturated rings. The summed E-state index contributed by atoms with van der Waals surface area (Å²) in [7, 11) is -3.30. The molecule has 0 bridgehead atoms. The lowest BCUT2D eigenvalue weighted by atomic mass is 10.0. The normalized spacial score (nSPS) is 16.5. The van der Waals surface area contributed by atoms with Crippen LogP contribution in [0.3, 0.4) is 0 Å². The van der Waals surface area contributed by atoms with Crippen molar-refractivity contribution in [3.8, 4) is 0 Å². The summed E-state index contributed by atoms with van der Waals surface area (Å²) >= 11 is 0. The van der Waals surface area contributed by atoms with E-state index in [4.69, 9.17) is 0 Å². The van der Waals surface area contributed by atoms with Crippen LogP contribution in [0.4, 0.5) is 4.39 Å². The fourth-order valence-electron chi connectivity index (χ4n) is 1.86. The third-order valence-corrected chi connectivity index (χ3v) is 4.99. The molecule has 94 valence electrons. The van der Waals surface area contributed by atoms with Crippen molar-refractivity contribution in [3.05, 3.63) is 29.6 Å². The number of hydrogen-bond donors (Lipinski definition) is 0. The van der Waals surface area contributed by atoms with Gasteiger partial charge in [0.05, 0.1) is 10.6 Å². The summed E-state index contributed by atoms with van der Waals surface area (Å²) in [5, 5.41) is 0. The van der Waals surface area contributed by atoms with Gasteiger partial charge in [0.2, 0.25) is 0 Å². The van der Waals surface area contributed by atoms with Crippen molar-refractivity contribution >= 4 is 9.84 Å². The highest BCUT2D eigenvalue weighted by Gasteiger charge is 2.29. The number of rotatable bonds is 4. The molecule has 2 nitrogen and oxygen atoms in total. The number of halogens is 1. The summed E-state index contributed by atoms with van der Waals surface area (Å²) in [5.41, 5.74) is 0.565. The average molecular weight is 256 g/mol. The van der Waals surface area contributed by atoms with Gasteiger partial charge in [-0.3, -0.25) is 0 Å². The first-order valence-corrected chi connectivity index (χ1v) is 7.57. The monoisotopic (exact) mass is 256 g/mol. The Morgan fingerprint density at radius 1 is 1.35 bits per heavy atom. The van der Waals surface area contributed by atoms with Crippen molar-refractivity contribution in [2.45, 2.75) is 37.5 Å². The molecule has 0 aromatic heterocycles. The summed E-state index contributed by atoms with van der Waals surface area (Å²) in [6, 6.07) is 4.27. The molecule has 1 aromatic rings. The van der Waals surface area contributed by atoms with Crippen molar-refractivity contribution in [2.75, 3.05) is 5.75 Å². The number of hydrogen-bond acceptors (Lipinski definition) is 2. The van der Waals surface area contributed by atoms with Crippen molar-refractivity contribution in [1.82, 2.24) is 0 Å². The van der Waals surface area contributed by atoms with Crippen LogP contribution in [0.5, 0.6) is 0 Å². The van der Waals surface area contributed by atoms with E-state index in [1.165, 1.54) is 6.07 Å². The second-order valence-electron chi connectivity index (χ2n) is 5.06. The fourth-order valence-corrected chi connectivity index (χ4v) is 3.57. The standard InChI is InChI=1S/C13H17FO2S/c1-9(2)12-6-5-11(7-13(12)14)17(15,16)8-10-3-4-10/h5-7,9-10H,3-4,8H2,1-2H3. The first-order chi connectivity index (χ1) is 7.90. The van der Waals surface area contributed by atoms with Gasteiger partial charge in [0, 0.05) is 0 Å². The Morgan fingerprint density at radius 2 is 2.00 bits per heavy atom. The van der Waals surface area contributed by atoms with Gasteiger partial charge in [-0.2, -0.15) is 0 Å². The van der Waals surface area contributed by atoms with E-state index in [0.29, 0.717) is 5.56 Å². The highest BCUT2D eigenvalue weighted by Crippen LogP contribution is 2.32. The van der Waals surface area contributed by atoms with Crippen LogP contribution in [0, 0.1) is 11.7 Å². The third-order valence-electron chi connectivity index (χ3n) is 3.11. The summed E-state index contributed by atoms with van der Waals surface area (Å²) in [4.78, 5) is 0.117. The van der Waals surface area contributed by atoms with Crippen LogP contribution in [0.15, 0.2) is 23.1 Å². The second-order valence-corrected chi connectivity index (χ2v) is 7.10. The van der Waals surface area contributed by atoms with Crippen LogP contribution >= 0.6 is 0 Å². The largest absolute Gasteiger partial charge is 0.224 e. The van der Waals surface area contributed by atoms with Crippen LogP contribution in [0.2, 0.25) is 0 Å². The van der Waals surface area contributed by atoms with E-state index in [1.54, 1.807) is 6.07 Å². The van der Waals surface area contributed by atoms with E-state index < -0.39 is 15.7 Å². The minimum Gasteiger partial charge on any atom is -0.224 e. The fraction of sp³-hybridized carbons (Fsp3) is 0.538. The van der Waals surface area contributed by atoms with Crippen molar-refractivity contribution in [1.29, 1.82) is 0 Å². The van der Waals surface area contributed by atoms with Gasteiger partial charge in [0.25, 0.3) is 0 Å². The van der Waals surface area contributed by atoms with Gasteiger partial charge in [-0.05, 0) is 42.4 Å². The van der Waals surface area contributed by atoms with Gasteiger partial charge < -0.3 is 0 Å². The van der Waals surface area contributed by atoms with E-state index in [0.717, 1.165) is 18.9 Å². The van der Waals surface area contributed by atoms with Gasteiger partial charge >= 0.3 is 0 Å². The Hall–Kier alpha value is -0.900. The highest BCUT2D eigenvalue weighted by molar-refractivity contribution is 7.91. The maximum atomic E-state index is 13.7. The van der Waals surface area contributed by atoms with Crippen LogP contribution in [0.1, 0.15) is 38.2 Å². The van der Waals surface area contributed by atoms with Gasteiger partial charge in [-0.1, -0.05) is 19.9 Å². The lowest BCUT2D eigenvalue weighted by Crippen LogP contribution is -2.09. The maximum Gasteiger partial charge on any atom is 0.178 e. The molecule has 0 unspecified atom stereocenters. The predicted molar refractivity (Wildman–Crippen MR) is 65.3 cm³/mol. The van der Waals surface area contributed by atoms with Crippen LogP contribution in [-0.4, -0.2) is 14.2 Å². The summed E-state index contributed by atoms with van der Waals surface area (Å²) < 4.78 is 37.6. The summed E-state index contributed by atoms with van der Waals surface area (Å²) in [5.74, 6) is 0.0906. The highest BCUT2D eigenvalue weighted by atomic mass is 32.2. The zero-order valence-corrected chi connectivity index (χ0v) is 10.9. The van der Waals surface area contributed by atoms with Gasteiger partial charge in [0.1, 0.15) is 5.82 Å². The molecule has 2 rings (SSSR count). The molecule has 1 aliphatic carbocycles. The summed E-state index contributed by atoms with van der Waals surface area (Å²) in [6.07, 6.45) is 1.96.